The molecular formula is C14H32O4Si4. The Hall–Kier alpha value is -0.0725. The Morgan fingerprint density at radius 1 is 0.864 bits per heavy atom. The lowest BCUT2D eigenvalue weighted by Gasteiger charge is -2.34. The van der Waals surface area contributed by atoms with Gasteiger partial charge in [-0.05, 0) is 41.5 Å². The van der Waals surface area contributed by atoms with Crippen molar-refractivity contribution in [1.29, 1.82) is 0 Å². The zero-order chi connectivity index (χ0) is 17.0. The molecule has 0 unspecified atom stereocenters. The molecular weight excluding hydrogens is 344 g/mol. The molecule has 0 aliphatic carbocycles. The summed E-state index contributed by atoms with van der Waals surface area (Å²) >= 11 is 0. The van der Waals surface area contributed by atoms with Crippen LogP contribution >= 0.6 is 0 Å². The minimum Gasteiger partial charge on any atom is -0.411 e. The maximum Gasteiger partial charge on any atom is 0.276 e. The van der Waals surface area contributed by atoms with Crippen molar-refractivity contribution in [2.45, 2.75) is 47.5 Å². The van der Waals surface area contributed by atoms with Gasteiger partial charge in [-0.25, -0.2) is 0 Å². The number of allylic oxidation sites excluding steroid dienone is 6. The Labute approximate surface area is 145 Å². The van der Waals surface area contributed by atoms with Crippen LogP contribution < -0.4 is 0 Å². The molecule has 0 aliphatic heterocycles. The van der Waals surface area contributed by atoms with E-state index in [1.54, 1.807) is 0 Å². The number of hydrogen-bond acceptors (Lipinski definition) is 4. The summed E-state index contributed by atoms with van der Waals surface area (Å²) in [6, 6.07) is 0. The first-order valence-corrected chi connectivity index (χ1v) is 12.4. The third-order valence-electron chi connectivity index (χ3n) is 3.44. The summed E-state index contributed by atoms with van der Waals surface area (Å²) in [6.07, 6.45) is 6.30. The Bertz CT molecular complexity index is 386. The normalized spacial score (nSPS) is 18.5. The zero-order valence-corrected chi connectivity index (χ0v) is 21.4. The Morgan fingerprint density at radius 3 is 1.64 bits per heavy atom. The van der Waals surface area contributed by atoms with Gasteiger partial charge in [-0.2, -0.15) is 0 Å². The molecule has 0 aromatic heterocycles. The zero-order valence-electron chi connectivity index (χ0n) is 15.2. The molecule has 8 heteroatoms. The first-order chi connectivity index (χ1) is 10.4. The Balaban J connectivity index is 4.81. The Morgan fingerprint density at radius 2 is 1.27 bits per heavy atom. The quantitative estimate of drug-likeness (QED) is 0.376. The highest BCUT2D eigenvalue weighted by Gasteiger charge is 2.31. The largest absolute Gasteiger partial charge is 0.411 e. The van der Waals surface area contributed by atoms with Crippen LogP contribution in [0, 0.1) is 0 Å². The monoisotopic (exact) mass is 376 g/mol. The van der Waals surface area contributed by atoms with Crippen LogP contribution in [0.1, 0.15) is 41.5 Å². The molecule has 22 heavy (non-hydrogen) atoms. The van der Waals surface area contributed by atoms with E-state index < -0.39 is 35.3 Å². The summed E-state index contributed by atoms with van der Waals surface area (Å²) in [5, 5.41) is 3.90. The van der Waals surface area contributed by atoms with E-state index >= 15 is 0 Å². The fraction of sp³-hybridized carbons (Fsp3) is 0.571. The fourth-order valence-electron chi connectivity index (χ4n) is 1.34. The van der Waals surface area contributed by atoms with E-state index in [-0.39, 0.29) is 0 Å². The minimum absolute atomic E-state index is 0.377. The van der Waals surface area contributed by atoms with Crippen molar-refractivity contribution in [3.8, 4) is 0 Å². The van der Waals surface area contributed by atoms with Gasteiger partial charge in [0, 0.05) is 0 Å². The van der Waals surface area contributed by atoms with Gasteiger partial charge in [0.15, 0.2) is 39.8 Å². The van der Waals surface area contributed by atoms with Gasteiger partial charge in [-0.1, -0.05) is 33.8 Å². The average molecular weight is 377 g/mol. The summed E-state index contributed by atoms with van der Waals surface area (Å²) in [4.78, 5) is 0. The summed E-state index contributed by atoms with van der Waals surface area (Å²) < 4.78 is 23.8. The maximum absolute atomic E-state index is 6.09. The molecule has 0 saturated carbocycles. The minimum atomic E-state index is -0.972. The molecule has 0 radical (unpaired) electrons. The van der Waals surface area contributed by atoms with Crippen molar-refractivity contribution >= 4 is 39.8 Å². The molecule has 0 spiro atoms. The SMILES string of the molecule is CC=C(C)[SiH2]OCC(O[SiH3])(O[SiH2]C(C)=CC)O[SiH2]C(C)=CC. The maximum atomic E-state index is 6.09. The average Bonchev–Trinajstić information content (AvgIpc) is 2.55. The molecule has 0 N–H and O–H groups in total. The molecule has 0 heterocycles. The van der Waals surface area contributed by atoms with Crippen molar-refractivity contribution in [2.24, 2.45) is 0 Å². The van der Waals surface area contributed by atoms with Crippen molar-refractivity contribution in [2.75, 3.05) is 6.61 Å². The van der Waals surface area contributed by atoms with Gasteiger partial charge in [0.25, 0.3) is 5.97 Å². The van der Waals surface area contributed by atoms with E-state index in [4.69, 9.17) is 17.7 Å². The van der Waals surface area contributed by atoms with E-state index in [1.165, 1.54) is 15.6 Å². The molecule has 0 aliphatic rings. The summed E-state index contributed by atoms with van der Waals surface area (Å²) in [7, 11) is -1.79. The van der Waals surface area contributed by atoms with Gasteiger partial charge < -0.3 is 17.7 Å². The van der Waals surface area contributed by atoms with Crippen LogP contribution in [0.3, 0.4) is 0 Å². The molecule has 4 nitrogen and oxygen atoms in total. The van der Waals surface area contributed by atoms with Crippen molar-refractivity contribution < 1.29 is 17.7 Å². The smallest absolute Gasteiger partial charge is 0.276 e. The molecule has 0 saturated heterocycles. The van der Waals surface area contributed by atoms with Crippen LogP contribution in [-0.2, 0) is 17.7 Å². The van der Waals surface area contributed by atoms with Crippen LogP contribution in [0.15, 0.2) is 33.8 Å². The molecule has 0 bridgehead atoms. The first kappa shape index (κ1) is 21.9. The third kappa shape index (κ3) is 9.15. The predicted molar refractivity (Wildman–Crippen MR) is 106 cm³/mol. The Kier molecular flexibility index (Phi) is 12.3. The van der Waals surface area contributed by atoms with Gasteiger partial charge in [0.1, 0.15) is 6.61 Å². The van der Waals surface area contributed by atoms with Gasteiger partial charge in [0.05, 0.1) is 0 Å². The molecule has 0 rings (SSSR count). The van der Waals surface area contributed by atoms with Crippen molar-refractivity contribution in [3.05, 3.63) is 33.8 Å². The highest BCUT2D eigenvalue weighted by molar-refractivity contribution is 6.39. The van der Waals surface area contributed by atoms with Gasteiger partial charge in [0.2, 0.25) is 0 Å². The van der Waals surface area contributed by atoms with E-state index in [9.17, 15) is 0 Å². The van der Waals surface area contributed by atoms with E-state index in [1.807, 2.05) is 20.8 Å². The highest BCUT2D eigenvalue weighted by atomic mass is 28.2. The molecule has 0 atom stereocenters. The number of rotatable bonds is 11. The molecule has 0 aromatic rings. The third-order valence-corrected chi connectivity index (χ3v) is 8.23. The lowest BCUT2D eigenvalue weighted by Crippen LogP contribution is -2.46. The topological polar surface area (TPSA) is 36.9 Å². The van der Waals surface area contributed by atoms with E-state index in [2.05, 4.69) is 39.0 Å². The summed E-state index contributed by atoms with van der Waals surface area (Å²) in [6.45, 7) is 12.8. The van der Waals surface area contributed by atoms with Gasteiger partial charge in [-0.3, -0.25) is 0 Å². The van der Waals surface area contributed by atoms with E-state index in [0.717, 1.165) is 0 Å². The lowest BCUT2D eigenvalue weighted by molar-refractivity contribution is -0.267. The standard InChI is InChI=1S/C14H32O4Si4/c1-7-11(4)20-15-10-14(16-19,17-21-12(5)8-2)18-22-13(6)9-3/h7-9H,10,20-22H2,1-6,19H3. The molecule has 128 valence electrons. The van der Waals surface area contributed by atoms with Crippen LogP contribution in [0.25, 0.3) is 0 Å². The van der Waals surface area contributed by atoms with Crippen LogP contribution in [-0.4, -0.2) is 52.4 Å². The first-order valence-electron chi connectivity index (χ1n) is 7.69. The van der Waals surface area contributed by atoms with Crippen LogP contribution in [0.4, 0.5) is 0 Å². The summed E-state index contributed by atoms with van der Waals surface area (Å²) in [5.74, 6) is -0.972. The second-order valence-electron chi connectivity index (χ2n) is 5.36. The van der Waals surface area contributed by atoms with E-state index in [0.29, 0.717) is 17.1 Å². The molecule has 0 fully saturated rings. The summed E-state index contributed by atoms with van der Waals surface area (Å²) in [5.41, 5.74) is 0. The van der Waals surface area contributed by atoms with Crippen molar-refractivity contribution in [1.82, 2.24) is 0 Å². The second-order valence-corrected chi connectivity index (χ2v) is 11.0. The second kappa shape index (κ2) is 12.4. The fourth-order valence-corrected chi connectivity index (χ4v) is 4.97. The molecule has 0 aromatic carbocycles. The van der Waals surface area contributed by atoms with Crippen LogP contribution in [0.2, 0.25) is 0 Å². The van der Waals surface area contributed by atoms with Crippen molar-refractivity contribution in [3.63, 3.8) is 0 Å². The van der Waals surface area contributed by atoms with Gasteiger partial charge >= 0.3 is 0 Å². The number of hydrogen-bond donors (Lipinski definition) is 0. The van der Waals surface area contributed by atoms with Crippen LogP contribution in [0.5, 0.6) is 0 Å². The highest BCUT2D eigenvalue weighted by Crippen LogP contribution is 2.16. The molecule has 0 amide bonds. The van der Waals surface area contributed by atoms with Gasteiger partial charge in [-0.15, -0.1) is 0 Å². The predicted octanol–water partition coefficient (Wildman–Crippen LogP) is 0.00950. The lowest BCUT2D eigenvalue weighted by atomic mass is 10.6.